The fourth-order valence-corrected chi connectivity index (χ4v) is 1.29. The Morgan fingerprint density at radius 1 is 1.64 bits per heavy atom. The lowest BCUT2D eigenvalue weighted by atomic mass is 10.1. The molecule has 0 aromatic heterocycles. The summed E-state index contributed by atoms with van der Waals surface area (Å²) in [4.78, 5) is 6.29. The molecule has 11 heavy (non-hydrogen) atoms. The molecule has 1 heterocycles. The van der Waals surface area contributed by atoms with E-state index < -0.39 is 5.60 Å². The maximum atomic E-state index is 9.63. The van der Waals surface area contributed by atoms with Crippen LogP contribution >= 0.6 is 0 Å². The summed E-state index contributed by atoms with van der Waals surface area (Å²) in [6.07, 6.45) is 0. The van der Waals surface area contributed by atoms with E-state index in [0.717, 1.165) is 12.4 Å². The zero-order valence-corrected chi connectivity index (χ0v) is 7.63. The molecule has 0 aromatic rings. The van der Waals surface area contributed by atoms with E-state index in [1.54, 1.807) is 13.8 Å². The first-order valence-corrected chi connectivity index (χ1v) is 3.93. The number of hydrogen-bond donors (Lipinski definition) is 1. The van der Waals surface area contributed by atoms with Gasteiger partial charge in [-0.05, 0) is 20.8 Å². The van der Waals surface area contributed by atoms with Crippen LogP contribution in [0.1, 0.15) is 20.8 Å². The summed E-state index contributed by atoms with van der Waals surface area (Å²) in [5, 5.41) is 9.63. The van der Waals surface area contributed by atoms with Gasteiger partial charge in [-0.2, -0.15) is 0 Å². The van der Waals surface area contributed by atoms with Crippen molar-refractivity contribution in [2.45, 2.75) is 32.4 Å². The summed E-state index contributed by atoms with van der Waals surface area (Å²) in [5.74, 6) is 0.796. The Morgan fingerprint density at radius 3 is 2.36 bits per heavy atom. The molecule has 0 spiro atoms. The number of aliphatic imine (C=N–C) groups is 1. The van der Waals surface area contributed by atoms with Crippen molar-refractivity contribution in [3.8, 4) is 0 Å². The van der Waals surface area contributed by atoms with E-state index in [4.69, 9.17) is 0 Å². The van der Waals surface area contributed by atoms with Crippen LogP contribution in [0.15, 0.2) is 4.99 Å². The van der Waals surface area contributed by atoms with Gasteiger partial charge in [0.25, 0.3) is 0 Å². The molecule has 3 heteroatoms. The summed E-state index contributed by atoms with van der Waals surface area (Å²) in [6.45, 7) is 6.43. The third-order valence-electron chi connectivity index (χ3n) is 2.05. The van der Waals surface area contributed by atoms with E-state index in [1.165, 1.54) is 0 Å². The molecule has 1 rings (SSSR count). The molecular weight excluding hydrogens is 140 g/mol. The van der Waals surface area contributed by atoms with Gasteiger partial charge in [-0.3, -0.25) is 4.99 Å². The highest BCUT2D eigenvalue weighted by Crippen LogP contribution is 2.16. The predicted octanol–water partition coefficient (Wildman–Crippen LogP) is 0.490. The lowest BCUT2D eigenvalue weighted by Crippen LogP contribution is -2.43. The Balaban J connectivity index is 2.76. The van der Waals surface area contributed by atoms with Crippen molar-refractivity contribution in [3.63, 3.8) is 0 Å². The summed E-state index contributed by atoms with van der Waals surface area (Å²) in [6, 6.07) is 0.427. The Morgan fingerprint density at radius 2 is 2.18 bits per heavy atom. The van der Waals surface area contributed by atoms with Gasteiger partial charge in [0.2, 0.25) is 0 Å². The second-order valence-corrected chi connectivity index (χ2v) is 3.68. The Kier molecular flexibility index (Phi) is 1.92. The summed E-state index contributed by atoms with van der Waals surface area (Å²) in [7, 11) is 1.97. The molecule has 0 saturated heterocycles. The molecule has 0 aliphatic carbocycles. The van der Waals surface area contributed by atoms with E-state index in [9.17, 15) is 5.11 Å². The molecule has 0 bridgehead atoms. The molecule has 1 unspecified atom stereocenters. The highest BCUT2D eigenvalue weighted by molar-refractivity contribution is 5.90. The zero-order valence-electron chi connectivity index (χ0n) is 7.63. The quantitative estimate of drug-likeness (QED) is 0.599. The van der Waals surface area contributed by atoms with Gasteiger partial charge < -0.3 is 10.0 Å². The Bertz CT molecular complexity index is 181. The van der Waals surface area contributed by atoms with Crippen molar-refractivity contribution in [3.05, 3.63) is 0 Å². The Labute approximate surface area is 67.7 Å². The molecule has 0 aromatic carbocycles. The minimum atomic E-state index is -0.792. The van der Waals surface area contributed by atoms with Gasteiger partial charge in [0.1, 0.15) is 11.4 Å². The molecule has 1 N–H and O–H groups in total. The highest BCUT2D eigenvalue weighted by Gasteiger charge is 2.31. The molecule has 1 aliphatic rings. The van der Waals surface area contributed by atoms with Crippen LogP contribution in [0.4, 0.5) is 0 Å². The van der Waals surface area contributed by atoms with Crippen molar-refractivity contribution in [2.75, 3.05) is 13.6 Å². The van der Waals surface area contributed by atoms with E-state index in [1.807, 2.05) is 11.9 Å². The van der Waals surface area contributed by atoms with Gasteiger partial charge in [-0.1, -0.05) is 0 Å². The number of aliphatic hydroxyl groups is 1. The average Bonchev–Trinajstić information content (AvgIpc) is 2.11. The van der Waals surface area contributed by atoms with Crippen molar-refractivity contribution >= 4 is 5.84 Å². The van der Waals surface area contributed by atoms with Crippen molar-refractivity contribution in [1.29, 1.82) is 0 Å². The molecule has 3 nitrogen and oxygen atoms in total. The molecule has 0 radical (unpaired) electrons. The minimum absolute atomic E-state index is 0.427. The van der Waals surface area contributed by atoms with E-state index in [-0.39, 0.29) is 0 Å². The van der Waals surface area contributed by atoms with Crippen LogP contribution in [-0.2, 0) is 0 Å². The topological polar surface area (TPSA) is 35.8 Å². The van der Waals surface area contributed by atoms with Gasteiger partial charge >= 0.3 is 0 Å². The summed E-state index contributed by atoms with van der Waals surface area (Å²) in [5.41, 5.74) is -0.792. The van der Waals surface area contributed by atoms with E-state index in [0.29, 0.717) is 6.04 Å². The SMILES string of the molecule is CC1CN=C(C(C)(C)O)N1C. The van der Waals surface area contributed by atoms with E-state index >= 15 is 0 Å². The van der Waals surface area contributed by atoms with Crippen LogP contribution < -0.4 is 0 Å². The number of amidine groups is 1. The van der Waals surface area contributed by atoms with Crippen molar-refractivity contribution < 1.29 is 5.11 Å². The first-order chi connectivity index (χ1) is 4.93. The largest absolute Gasteiger partial charge is 0.383 e. The van der Waals surface area contributed by atoms with Gasteiger partial charge in [0.05, 0.1) is 6.54 Å². The molecule has 0 fully saturated rings. The maximum Gasteiger partial charge on any atom is 0.131 e. The normalized spacial score (nSPS) is 25.7. The average molecular weight is 156 g/mol. The Hall–Kier alpha value is -0.570. The molecule has 64 valence electrons. The fraction of sp³-hybridized carbons (Fsp3) is 0.875. The third kappa shape index (κ3) is 1.53. The molecule has 1 aliphatic heterocycles. The van der Waals surface area contributed by atoms with Crippen LogP contribution in [0.3, 0.4) is 0 Å². The van der Waals surface area contributed by atoms with Gasteiger partial charge in [0, 0.05) is 13.1 Å². The second kappa shape index (κ2) is 2.48. The fourth-order valence-electron chi connectivity index (χ4n) is 1.29. The smallest absolute Gasteiger partial charge is 0.131 e. The lowest BCUT2D eigenvalue weighted by molar-refractivity contribution is 0.139. The molecular formula is C8H16N2O. The number of nitrogens with zero attached hydrogens (tertiary/aromatic N) is 2. The monoisotopic (exact) mass is 156 g/mol. The minimum Gasteiger partial charge on any atom is -0.383 e. The summed E-state index contributed by atoms with van der Waals surface area (Å²) < 4.78 is 0. The maximum absolute atomic E-state index is 9.63. The standard InChI is InChI=1S/C8H16N2O/c1-6-5-9-7(10(6)4)8(2,3)11/h6,11H,5H2,1-4H3. The van der Waals surface area contributed by atoms with Crippen molar-refractivity contribution in [2.24, 2.45) is 4.99 Å². The van der Waals surface area contributed by atoms with Crippen molar-refractivity contribution in [1.82, 2.24) is 4.90 Å². The first-order valence-electron chi connectivity index (χ1n) is 3.93. The van der Waals surface area contributed by atoms with Crippen LogP contribution in [0.2, 0.25) is 0 Å². The van der Waals surface area contributed by atoms with E-state index in [2.05, 4.69) is 11.9 Å². The van der Waals surface area contributed by atoms with Gasteiger partial charge in [-0.15, -0.1) is 0 Å². The zero-order chi connectivity index (χ0) is 8.65. The molecule has 1 atom stereocenters. The molecule has 0 saturated carbocycles. The second-order valence-electron chi connectivity index (χ2n) is 3.68. The van der Waals surface area contributed by atoms with Gasteiger partial charge in [-0.25, -0.2) is 0 Å². The van der Waals surface area contributed by atoms with Gasteiger partial charge in [0.15, 0.2) is 0 Å². The number of hydrogen-bond acceptors (Lipinski definition) is 3. The molecule has 0 amide bonds. The van der Waals surface area contributed by atoms with Crippen LogP contribution in [-0.4, -0.2) is 41.1 Å². The third-order valence-corrected chi connectivity index (χ3v) is 2.05. The van der Waals surface area contributed by atoms with Crippen LogP contribution in [0, 0.1) is 0 Å². The highest BCUT2D eigenvalue weighted by atomic mass is 16.3. The number of rotatable bonds is 1. The van der Waals surface area contributed by atoms with Crippen LogP contribution in [0.5, 0.6) is 0 Å². The van der Waals surface area contributed by atoms with Crippen LogP contribution in [0.25, 0.3) is 0 Å². The number of likely N-dealkylation sites (N-methyl/N-ethyl adjacent to an activating group) is 1. The lowest BCUT2D eigenvalue weighted by Gasteiger charge is -2.27. The summed E-state index contributed by atoms with van der Waals surface area (Å²) >= 11 is 0. The first kappa shape index (κ1) is 8.53. The predicted molar refractivity (Wildman–Crippen MR) is 45.8 cm³/mol.